The normalized spacial score (nSPS) is 21.7. The first-order chi connectivity index (χ1) is 15.4. The van der Waals surface area contributed by atoms with Crippen molar-refractivity contribution >= 4 is 28.9 Å². The zero-order valence-electron chi connectivity index (χ0n) is 18.5. The van der Waals surface area contributed by atoms with Crippen LogP contribution in [-0.4, -0.2) is 33.9 Å². The van der Waals surface area contributed by atoms with Crippen molar-refractivity contribution in [3.8, 4) is 0 Å². The number of Topliss-reactive ketones (excluding diaryl/α,β-unsaturated/α-hetero) is 1. The minimum absolute atomic E-state index is 0.0756. The van der Waals surface area contributed by atoms with Crippen LogP contribution in [0.5, 0.6) is 0 Å². The van der Waals surface area contributed by atoms with E-state index >= 15 is 0 Å². The lowest BCUT2D eigenvalue weighted by molar-refractivity contribution is 0.0930. The Morgan fingerprint density at radius 2 is 1.91 bits per heavy atom. The molecule has 3 heterocycles. The lowest BCUT2D eigenvalue weighted by atomic mass is 9.86. The minimum Gasteiger partial charge on any atom is -0.364 e. The molecule has 1 N–H and O–H groups in total. The number of rotatable bonds is 3. The molecule has 32 heavy (non-hydrogen) atoms. The van der Waals surface area contributed by atoms with Crippen molar-refractivity contribution in [2.45, 2.75) is 51.6 Å². The van der Waals surface area contributed by atoms with Crippen LogP contribution in [0.3, 0.4) is 0 Å². The molecule has 3 atom stereocenters. The summed E-state index contributed by atoms with van der Waals surface area (Å²) in [6, 6.07) is 14.9. The molecule has 0 saturated carbocycles. The molecule has 2 aliphatic rings. The molecule has 0 spiro atoms. The van der Waals surface area contributed by atoms with E-state index in [4.69, 9.17) is 0 Å². The summed E-state index contributed by atoms with van der Waals surface area (Å²) < 4.78 is 3.89. The lowest BCUT2D eigenvalue weighted by Gasteiger charge is -2.41. The van der Waals surface area contributed by atoms with Gasteiger partial charge in [-0.25, -0.2) is 0 Å². The number of hydrogen-bond acceptors (Lipinski definition) is 6. The Morgan fingerprint density at radius 3 is 2.62 bits per heavy atom. The molecule has 5 rings (SSSR count). The number of carbonyl (C=O) groups excluding carboxylic acids is 2. The van der Waals surface area contributed by atoms with Gasteiger partial charge < -0.3 is 10.2 Å². The predicted molar refractivity (Wildman–Crippen MR) is 126 cm³/mol. The number of benzene rings is 2. The lowest BCUT2D eigenvalue weighted by Crippen LogP contribution is -2.46. The van der Waals surface area contributed by atoms with E-state index in [0.29, 0.717) is 10.6 Å². The summed E-state index contributed by atoms with van der Waals surface area (Å²) in [5.41, 5.74) is 6.40. The monoisotopic (exact) mass is 446 g/mol. The van der Waals surface area contributed by atoms with Crippen LogP contribution in [0.2, 0.25) is 0 Å². The number of aryl methyl sites for hydroxylation is 1. The molecule has 164 valence electrons. The van der Waals surface area contributed by atoms with Crippen molar-refractivity contribution < 1.29 is 9.59 Å². The average molecular weight is 447 g/mol. The second kappa shape index (κ2) is 8.13. The van der Waals surface area contributed by atoms with E-state index < -0.39 is 0 Å². The van der Waals surface area contributed by atoms with Crippen molar-refractivity contribution in [1.29, 1.82) is 0 Å². The largest absolute Gasteiger partial charge is 0.364 e. The second-order valence-corrected chi connectivity index (χ2v) is 9.53. The molecule has 1 fully saturated rings. The third kappa shape index (κ3) is 3.50. The molecule has 6 nitrogen and oxygen atoms in total. The van der Waals surface area contributed by atoms with Crippen LogP contribution in [0.4, 0.5) is 5.69 Å². The Bertz CT molecular complexity index is 1200. The third-order valence-corrected chi connectivity index (χ3v) is 7.65. The highest BCUT2D eigenvalue weighted by molar-refractivity contribution is 7.08. The summed E-state index contributed by atoms with van der Waals surface area (Å²) in [6.45, 7) is 6.49. The number of piperidine rings is 1. The molecular weight excluding hydrogens is 420 g/mol. The SMILES string of the molecule is CC(=O)c1ccc2c(c1)[C@H](C)c1ccccc1[C@H]1C[C@H](NC(=O)c3snnc3C)CCN21. The minimum atomic E-state index is -0.0854. The van der Waals surface area contributed by atoms with Gasteiger partial charge in [0.25, 0.3) is 5.91 Å². The van der Waals surface area contributed by atoms with Crippen molar-refractivity contribution in [2.24, 2.45) is 0 Å². The van der Waals surface area contributed by atoms with Crippen molar-refractivity contribution in [1.82, 2.24) is 14.9 Å². The zero-order chi connectivity index (χ0) is 22.4. The van der Waals surface area contributed by atoms with Crippen molar-refractivity contribution in [3.05, 3.63) is 75.3 Å². The van der Waals surface area contributed by atoms with E-state index in [2.05, 4.69) is 63.1 Å². The molecule has 2 aromatic carbocycles. The maximum Gasteiger partial charge on any atom is 0.265 e. The first-order valence-corrected chi connectivity index (χ1v) is 11.8. The Hall–Kier alpha value is -3.06. The van der Waals surface area contributed by atoms with Gasteiger partial charge in [0.1, 0.15) is 4.88 Å². The van der Waals surface area contributed by atoms with Gasteiger partial charge in [0.15, 0.2) is 5.78 Å². The van der Waals surface area contributed by atoms with Gasteiger partial charge in [0.2, 0.25) is 0 Å². The average Bonchev–Trinajstić information content (AvgIpc) is 3.20. The van der Waals surface area contributed by atoms with Crippen LogP contribution in [0, 0.1) is 6.92 Å². The molecule has 7 heteroatoms. The third-order valence-electron chi connectivity index (χ3n) is 6.83. The van der Waals surface area contributed by atoms with Crippen molar-refractivity contribution in [3.63, 3.8) is 0 Å². The van der Waals surface area contributed by atoms with Gasteiger partial charge in [0, 0.05) is 29.8 Å². The molecule has 1 amide bonds. The standard InChI is InChI=1S/C25H26N4O2S/c1-14-19-6-4-5-7-20(19)23-13-18(26-25(31)24-15(2)27-28-32-24)10-11-29(23)22-9-8-17(16(3)30)12-21(14)22/h4-9,12,14,18,23H,10-11,13H2,1-3H3,(H,26,31)/t14-,18-,23-/m1/s1. The number of amides is 1. The molecule has 1 saturated heterocycles. The highest BCUT2D eigenvalue weighted by Gasteiger charge is 2.37. The highest BCUT2D eigenvalue weighted by atomic mass is 32.1. The molecular formula is C25H26N4O2S. The number of aromatic nitrogens is 2. The van der Waals surface area contributed by atoms with Crippen LogP contribution in [0.15, 0.2) is 42.5 Å². The van der Waals surface area contributed by atoms with Gasteiger partial charge in [0.05, 0.1) is 11.7 Å². The first kappa shape index (κ1) is 20.8. The van der Waals surface area contributed by atoms with Crippen molar-refractivity contribution in [2.75, 3.05) is 11.4 Å². The maximum absolute atomic E-state index is 12.8. The zero-order valence-corrected chi connectivity index (χ0v) is 19.3. The Morgan fingerprint density at radius 1 is 1.12 bits per heavy atom. The fourth-order valence-electron chi connectivity index (χ4n) is 5.13. The molecule has 0 bridgehead atoms. The van der Waals surface area contributed by atoms with Crippen LogP contribution < -0.4 is 10.2 Å². The summed E-state index contributed by atoms with van der Waals surface area (Å²) in [7, 11) is 0. The predicted octanol–water partition coefficient (Wildman–Crippen LogP) is 4.65. The quantitative estimate of drug-likeness (QED) is 0.593. The molecule has 3 aromatic rings. The summed E-state index contributed by atoms with van der Waals surface area (Å²) in [5, 5.41) is 7.19. The molecule has 0 radical (unpaired) electrons. The number of hydrogen-bond donors (Lipinski definition) is 1. The van der Waals surface area contributed by atoms with E-state index in [-0.39, 0.29) is 29.7 Å². The van der Waals surface area contributed by atoms with Gasteiger partial charge in [-0.1, -0.05) is 35.7 Å². The molecule has 0 unspecified atom stereocenters. The number of ketones is 1. The van der Waals surface area contributed by atoms with Gasteiger partial charge in [-0.05, 0) is 73.1 Å². The number of anilines is 1. The number of nitrogens with one attached hydrogen (secondary N) is 1. The number of carbonyl (C=O) groups is 2. The van der Waals surface area contributed by atoms with E-state index in [1.54, 1.807) is 6.92 Å². The molecule has 1 aromatic heterocycles. The van der Waals surface area contributed by atoms with Gasteiger partial charge >= 0.3 is 0 Å². The number of nitrogens with zero attached hydrogens (tertiary/aromatic N) is 3. The summed E-state index contributed by atoms with van der Waals surface area (Å²) in [6.07, 6.45) is 1.69. The molecule has 2 aliphatic heterocycles. The van der Waals surface area contributed by atoms with Crippen LogP contribution in [-0.2, 0) is 0 Å². The van der Waals surface area contributed by atoms with Gasteiger partial charge in [-0.3, -0.25) is 9.59 Å². The Labute approximate surface area is 191 Å². The number of fused-ring (bicyclic) bond motifs is 5. The van der Waals surface area contributed by atoms with E-state index in [1.807, 2.05) is 13.0 Å². The highest BCUT2D eigenvalue weighted by Crippen LogP contribution is 2.46. The molecule has 0 aliphatic carbocycles. The van der Waals surface area contributed by atoms with Gasteiger partial charge in [-0.2, -0.15) is 0 Å². The Balaban J connectivity index is 1.51. The fraction of sp³-hybridized carbons (Fsp3) is 0.360. The first-order valence-electron chi connectivity index (χ1n) is 11.0. The summed E-state index contributed by atoms with van der Waals surface area (Å²) in [5.74, 6) is 0.186. The van der Waals surface area contributed by atoms with E-state index in [9.17, 15) is 9.59 Å². The fourth-order valence-corrected chi connectivity index (χ4v) is 5.69. The van der Waals surface area contributed by atoms with E-state index in [1.165, 1.54) is 22.4 Å². The van der Waals surface area contributed by atoms with Crippen LogP contribution in [0.25, 0.3) is 0 Å². The van der Waals surface area contributed by atoms with E-state index in [0.717, 1.165) is 36.5 Å². The van der Waals surface area contributed by atoms with Gasteiger partial charge in [-0.15, -0.1) is 5.10 Å². The smallest absolute Gasteiger partial charge is 0.265 e. The van der Waals surface area contributed by atoms with Crippen LogP contribution in [0.1, 0.15) is 81.1 Å². The maximum atomic E-state index is 12.8. The topological polar surface area (TPSA) is 75.2 Å². The van der Waals surface area contributed by atoms with Crippen LogP contribution >= 0.6 is 11.5 Å². The Kier molecular flexibility index (Phi) is 5.29. The summed E-state index contributed by atoms with van der Waals surface area (Å²) in [4.78, 5) is 27.9. The summed E-state index contributed by atoms with van der Waals surface area (Å²) >= 11 is 1.14. The second-order valence-electron chi connectivity index (χ2n) is 8.77.